The third-order valence-electron chi connectivity index (χ3n) is 3.47. The molecule has 1 saturated heterocycles. The number of aromatic nitrogens is 2. The van der Waals surface area contributed by atoms with Gasteiger partial charge in [-0.05, 0) is 25.0 Å². The summed E-state index contributed by atoms with van der Waals surface area (Å²) >= 11 is 1.14. The molecule has 0 aliphatic carbocycles. The molecule has 1 aliphatic heterocycles. The molecule has 9 nitrogen and oxygen atoms in total. The average molecular weight is 366 g/mol. The lowest BCUT2D eigenvalue weighted by atomic mass is 10.2. The molecule has 0 radical (unpaired) electrons. The van der Waals surface area contributed by atoms with Crippen molar-refractivity contribution in [2.75, 3.05) is 18.9 Å². The Morgan fingerprint density at radius 1 is 1.32 bits per heavy atom. The van der Waals surface area contributed by atoms with E-state index in [-0.39, 0.29) is 47.1 Å². The van der Waals surface area contributed by atoms with Crippen molar-refractivity contribution in [1.82, 2.24) is 20.8 Å². The lowest BCUT2D eigenvalue weighted by molar-refractivity contribution is -0.119. The SMILES string of the molecule is O=C(CSc1nnc(CNC(=O)c2ccco2)o1)NC[C@@H]1CCCO1. The number of ether oxygens (including phenoxy) is 1. The lowest BCUT2D eigenvalue weighted by Gasteiger charge is -2.09. The van der Waals surface area contributed by atoms with E-state index >= 15 is 0 Å². The molecule has 0 aromatic carbocycles. The Morgan fingerprint density at radius 3 is 3.00 bits per heavy atom. The third kappa shape index (κ3) is 5.33. The lowest BCUT2D eigenvalue weighted by Crippen LogP contribution is -2.32. The molecule has 0 saturated carbocycles. The topological polar surface area (TPSA) is 119 Å². The van der Waals surface area contributed by atoms with Gasteiger partial charge in [-0.1, -0.05) is 11.8 Å². The van der Waals surface area contributed by atoms with Crippen LogP contribution in [-0.4, -0.2) is 47.0 Å². The summed E-state index contributed by atoms with van der Waals surface area (Å²) in [6.07, 6.45) is 3.54. The Hall–Kier alpha value is -2.33. The van der Waals surface area contributed by atoms with Gasteiger partial charge in [-0.2, -0.15) is 0 Å². The predicted octanol–water partition coefficient (Wildman–Crippen LogP) is 0.980. The van der Waals surface area contributed by atoms with Gasteiger partial charge in [-0.15, -0.1) is 10.2 Å². The van der Waals surface area contributed by atoms with E-state index < -0.39 is 0 Å². The molecule has 0 bridgehead atoms. The third-order valence-corrected chi connectivity index (χ3v) is 4.29. The molecular formula is C15H18N4O5S. The molecule has 2 N–H and O–H groups in total. The minimum atomic E-state index is -0.370. The highest BCUT2D eigenvalue weighted by molar-refractivity contribution is 7.99. The van der Waals surface area contributed by atoms with Crippen molar-refractivity contribution in [3.63, 3.8) is 0 Å². The van der Waals surface area contributed by atoms with Gasteiger partial charge in [0.1, 0.15) is 0 Å². The van der Waals surface area contributed by atoms with E-state index in [4.69, 9.17) is 13.6 Å². The Balaban J connectivity index is 1.36. The zero-order chi connectivity index (χ0) is 17.5. The molecule has 1 aliphatic rings. The van der Waals surface area contributed by atoms with Crippen LogP contribution >= 0.6 is 11.8 Å². The van der Waals surface area contributed by atoms with E-state index in [9.17, 15) is 9.59 Å². The van der Waals surface area contributed by atoms with Crippen molar-refractivity contribution >= 4 is 23.6 Å². The van der Waals surface area contributed by atoms with Gasteiger partial charge in [-0.3, -0.25) is 9.59 Å². The van der Waals surface area contributed by atoms with E-state index in [0.717, 1.165) is 31.2 Å². The molecule has 2 aromatic rings. The van der Waals surface area contributed by atoms with Crippen molar-refractivity contribution in [3.8, 4) is 0 Å². The van der Waals surface area contributed by atoms with Crippen LogP contribution in [0.25, 0.3) is 0 Å². The van der Waals surface area contributed by atoms with Gasteiger partial charge in [0.2, 0.25) is 11.8 Å². The minimum absolute atomic E-state index is 0.0817. The van der Waals surface area contributed by atoms with Crippen LogP contribution in [0.15, 0.2) is 32.5 Å². The Kier molecular flexibility index (Phi) is 6.07. The second-order valence-electron chi connectivity index (χ2n) is 5.35. The van der Waals surface area contributed by atoms with Crippen LogP contribution in [0.5, 0.6) is 0 Å². The second kappa shape index (κ2) is 8.67. The highest BCUT2D eigenvalue weighted by Crippen LogP contribution is 2.16. The fourth-order valence-electron chi connectivity index (χ4n) is 2.23. The molecule has 2 aromatic heterocycles. The van der Waals surface area contributed by atoms with E-state index in [1.807, 2.05) is 0 Å². The average Bonchev–Trinajstić information content (AvgIpc) is 3.38. The maximum Gasteiger partial charge on any atom is 0.287 e. The fourth-order valence-corrected chi connectivity index (χ4v) is 2.84. The summed E-state index contributed by atoms with van der Waals surface area (Å²) in [5, 5.41) is 13.3. The second-order valence-corrected chi connectivity index (χ2v) is 6.28. The molecule has 10 heteroatoms. The monoisotopic (exact) mass is 366 g/mol. The van der Waals surface area contributed by atoms with Crippen molar-refractivity contribution in [2.45, 2.75) is 30.7 Å². The van der Waals surface area contributed by atoms with Crippen LogP contribution in [0.1, 0.15) is 29.3 Å². The number of carbonyl (C=O) groups is 2. The largest absolute Gasteiger partial charge is 0.459 e. The minimum Gasteiger partial charge on any atom is -0.459 e. The van der Waals surface area contributed by atoms with Gasteiger partial charge in [0.25, 0.3) is 11.1 Å². The maximum atomic E-state index is 11.8. The van der Waals surface area contributed by atoms with Crippen molar-refractivity contribution in [2.24, 2.45) is 0 Å². The van der Waals surface area contributed by atoms with Crippen LogP contribution < -0.4 is 10.6 Å². The summed E-state index contributed by atoms with van der Waals surface area (Å²) < 4.78 is 15.8. The van der Waals surface area contributed by atoms with Crippen LogP contribution in [0, 0.1) is 0 Å². The van der Waals surface area contributed by atoms with Crippen LogP contribution in [0.2, 0.25) is 0 Å². The van der Waals surface area contributed by atoms with Crippen LogP contribution in [0.3, 0.4) is 0 Å². The molecule has 1 atom stereocenters. The molecule has 25 heavy (non-hydrogen) atoms. The highest BCUT2D eigenvalue weighted by atomic mass is 32.2. The standard InChI is InChI=1S/C15H18N4O5S/c20-12(16-7-10-3-1-5-22-10)9-25-15-19-18-13(24-15)8-17-14(21)11-4-2-6-23-11/h2,4,6,10H,1,3,5,7-9H2,(H,16,20)(H,17,21)/t10-/m0/s1. The van der Waals surface area contributed by atoms with E-state index in [1.54, 1.807) is 12.1 Å². The molecule has 3 rings (SSSR count). The number of thioether (sulfide) groups is 1. The number of rotatable bonds is 8. The zero-order valence-electron chi connectivity index (χ0n) is 13.4. The van der Waals surface area contributed by atoms with Crippen LogP contribution in [-0.2, 0) is 16.1 Å². The zero-order valence-corrected chi connectivity index (χ0v) is 14.2. The molecule has 134 valence electrons. The maximum absolute atomic E-state index is 11.8. The molecule has 1 fully saturated rings. The fraction of sp³-hybridized carbons (Fsp3) is 0.467. The molecular weight excluding hydrogens is 348 g/mol. The summed E-state index contributed by atoms with van der Waals surface area (Å²) in [6.45, 7) is 1.36. The van der Waals surface area contributed by atoms with Gasteiger partial charge < -0.3 is 24.2 Å². The van der Waals surface area contributed by atoms with Crippen molar-refractivity contribution in [1.29, 1.82) is 0 Å². The number of furan rings is 1. The highest BCUT2D eigenvalue weighted by Gasteiger charge is 2.17. The van der Waals surface area contributed by atoms with Gasteiger partial charge in [0.05, 0.1) is 24.7 Å². The quantitative estimate of drug-likeness (QED) is 0.664. The van der Waals surface area contributed by atoms with E-state index in [0.29, 0.717) is 6.54 Å². The van der Waals surface area contributed by atoms with Gasteiger partial charge in [-0.25, -0.2) is 0 Å². The van der Waals surface area contributed by atoms with E-state index in [1.165, 1.54) is 6.26 Å². The predicted molar refractivity (Wildman–Crippen MR) is 86.9 cm³/mol. The Labute approximate surface area is 147 Å². The first-order valence-corrected chi connectivity index (χ1v) is 8.84. The molecule has 3 heterocycles. The first kappa shape index (κ1) is 17.5. The summed E-state index contributed by atoms with van der Waals surface area (Å²) in [5.41, 5.74) is 0. The number of hydrogen-bond donors (Lipinski definition) is 2. The normalized spacial score (nSPS) is 16.7. The smallest absolute Gasteiger partial charge is 0.287 e. The van der Waals surface area contributed by atoms with E-state index in [2.05, 4.69) is 20.8 Å². The summed E-state index contributed by atoms with van der Waals surface area (Å²) in [7, 11) is 0. The summed E-state index contributed by atoms with van der Waals surface area (Å²) in [5.74, 6) is 0.143. The number of nitrogens with zero attached hydrogens (tertiary/aromatic N) is 2. The Bertz CT molecular complexity index is 697. The van der Waals surface area contributed by atoms with Gasteiger partial charge in [0, 0.05) is 13.2 Å². The number of nitrogens with one attached hydrogen (secondary N) is 2. The van der Waals surface area contributed by atoms with Crippen molar-refractivity contribution < 1.29 is 23.2 Å². The summed E-state index contributed by atoms with van der Waals surface area (Å²) in [6, 6.07) is 3.18. The first-order valence-electron chi connectivity index (χ1n) is 7.86. The Morgan fingerprint density at radius 2 is 2.24 bits per heavy atom. The van der Waals surface area contributed by atoms with Crippen LogP contribution in [0.4, 0.5) is 0 Å². The molecule has 0 unspecified atom stereocenters. The number of carbonyl (C=O) groups excluding carboxylic acids is 2. The summed E-state index contributed by atoms with van der Waals surface area (Å²) in [4.78, 5) is 23.5. The van der Waals surface area contributed by atoms with Gasteiger partial charge in [0.15, 0.2) is 5.76 Å². The first-order chi connectivity index (χ1) is 12.2. The van der Waals surface area contributed by atoms with Crippen molar-refractivity contribution in [3.05, 3.63) is 30.0 Å². The number of amides is 2. The number of hydrogen-bond acceptors (Lipinski definition) is 8. The molecule has 0 spiro atoms. The molecule has 2 amide bonds. The van der Waals surface area contributed by atoms with Gasteiger partial charge >= 0.3 is 0 Å².